The Labute approximate surface area is 204 Å². The zero-order chi connectivity index (χ0) is 23.9. The summed E-state index contributed by atoms with van der Waals surface area (Å²) in [4.78, 5) is 27.7. The molecule has 35 heavy (non-hydrogen) atoms. The third kappa shape index (κ3) is 2.48. The number of fused-ring (bicyclic) bond motifs is 8. The first-order valence-corrected chi connectivity index (χ1v) is 11.5. The molecule has 170 valence electrons. The first kappa shape index (κ1) is 20.1. The number of nitrogens with one attached hydrogen (secondary N) is 2. The van der Waals surface area contributed by atoms with Crippen LogP contribution in [0.3, 0.4) is 0 Å². The molecule has 3 aromatic carbocycles. The van der Waals surface area contributed by atoms with Crippen molar-refractivity contribution in [3.8, 4) is 5.69 Å². The van der Waals surface area contributed by atoms with E-state index < -0.39 is 11.0 Å². The maximum absolute atomic E-state index is 14.0. The Balaban J connectivity index is 1.69. The Morgan fingerprint density at radius 3 is 2.54 bits per heavy atom. The van der Waals surface area contributed by atoms with Gasteiger partial charge in [0, 0.05) is 27.2 Å². The minimum atomic E-state index is -1.49. The third-order valence-corrected chi connectivity index (χ3v) is 7.08. The molecule has 2 N–H and O–H groups in total. The molecule has 7 nitrogen and oxygen atoms in total. The van der Waals surface area contributed by atoms with Crippen LogP contribution in [0.2, 0.25) is 5.02 Å². The molecule has 2 aliphatic rings. The van der Waals surface area contributed by atoms with Gasteiger partial charge in [-0.1, -0.05) is 41.9 Å². The van der Waals surface area contributed by atoms with Crippen LogP contribution in [-0.2, 0) is 10.2 Å². The number of aromatic nitrogens is 2. The first-order valence-electron chi connectivity index (χ1n) is 11.1. The van der Waals surface area contributed by atoms with Crippen molar-refractivity contribution in [3.63, 3.8) is 0 Å². The molecule has 0 radical (unpaired) electrons. The van der Waals surface area contributed by atoms with Crippen LogP contribution in [0.15, 0.2) is 82.0 Å². The van der Waals surface area contributed by atoms with Gasteiger partial charge in [0.05, 0.1) is 22.6 Å². The molecule has 0 unspecified atom stereocenters. The summed E-state index contributed by atoms with van der Waals surface area (Å²) in [7, 11) is 0. The van der Waals surface area contributed by atoms with E-state index in [2.05, 4.69) is 10.6 Å². The highest BCUT2D eigenvalue weighted by Crippen LogP contribution is 2.56. The van der Waals surface area contributed by atoms with E-state index in [1.165, 1.54) is 0 Å². The van der Waals surface area contributed by atoms with E-state index >= 15 is 0 Å². The maximum Gasteiger partial charge on any atom is 0.343 e. The van der Waals surface area contributed by atoms with Gasteiger partial charge in [-0.2, -0.15) is 5.10 Å². The average molecular weight is 481 g/mol. The van der Waals surface area contributed by atoms with Gasteiger partial charge in [0.15, 0.2) is 0 Å². The van der Waals surface area contributed by atoms with E-state index in [4.69, 9.17) is 21.1 Å². The Bertz CT molecular complexity index is 1770. The summed E-state index contributed by atoms with van der Waals surface area (Å²) >= 11 is 6.43. The van der Waals surface area contributed by atoms with Crippen LogP contribution in [0.25, 0.3) is 16.7 Å². The van der Waals surface area contributed by atoms with Crippen molar-refractivity contribution < 1.29 is 9.21 Å². The van der Waals surface area contributed by atoms with Crippen molar-refractivity contribution in [1.29, 1.82) is 0 Å². The topological polar surface area (TPSA) is 89.2 Å². The smallest absolute Gasteiger partial charge is 0.343 e. The molecule has 4 heterocycles. The first-order chi connectivity index (χ1) is 17.0. The Kier molecular flexibility index (Phi) is 3.92. The number of nitrogens with zero attached hydrogens (tertiary/aromatic N) is 2. The highest BCUT2D eigenvalue weighted by molar-refractivity contribution is 6.31. The summed E-state index contributed by atoms with van der Waals surface area (Å²) in [5.74, 6) is 0.261. The number of para-hydroxylation sites is 2. The fraction of sp³-hybridized carbons (Fsp3) is 0.0741. The molecule has 0 saturated heterocycles. The number of hydrogen-bond acceptors (Lipinski definition) is 5. The van der Waals surface area contributed by atoms with Crippen molar-refractivity contribution in [2.45, 2.75) is 12.3 Å². The van der Waals surface area contributed by atoms with Gasteiger partial charge in [-0.15, -0.1) is 0 Å². The summed E-state index contributed by atoms with van der Waals surface area (Å²) in [5, 5.41) is 12.4. The molecule has 1 atom stereocenters. The predicted molar refractivity (Wildman–Crippen MR) is 134 cm³/mol. The minimum absolute atomic E-state index is 0.220. The van der Waals surface area contributed by atoms with Crippen molar-refractivity contribution in [3.05, 3.63) is 111 Å². The second-order valence-electron chi connectivity index (χ2n) is 8.71. The van der Waals surface area contributed by atoms with Crippen molar-refractivity contribution in [2.75, 3.05) is 10.6 Å². The molecule has 1 spiro atoms. The van der Waals surface area contributed by atoms with Crippen LogP contribution in [0.5, 0.6) is 0 Å². The number of rotatable bonds is 1. The number of carbonyl (C=O) groups excluding carboxylic acids is 1. The standard InChI is InChI=1S/C27H17ClN4O3/c1-14-21-24(32(31-14)16-7-3-2-4-8-16)30-23-17-9-5-6-10-20(17)35-25(33)22(23)27(21)18-13-15(28)11-12-19(18)29-26(27)34/h2-13,30H,1H3,(H,29,34)/t27-/m0/s1. The Hall–Kier alpha value is -4.36. The largest absolute Gasteiger partial charge is 0.422 e. The molecule has 1 amide bonds. The van der Waals surface area contributed by atoms with Crippen LogP contribution in [-0.4, -0.2) is 15.7 Å². The highest BCUT2D eigenvalue weighted by atomic mass is 35.5. The molecule has 8 heteroatoms. The van der Waals surface area contributed by atoms with Crippen molar-refractivity contribution in [2.24, 2.45) is 0 Å². The van der Waals surface area contributed by atoms with E-state index in [1.807, 2.05) is 49.4 Å². The van der Waals surface area contributed by atoms with E-state index in [0.717, 1.165) is 5.69 Å². The second kappa shape index (κ2) is 6.84. The van der Waals surface area contributed by atoms with Gasteiger partial charge in [-0.3, -0.25) is 4.79 Å². The molecule has 7 rings (SSSR count). The van der Waals surface area contributed by atoms with E-state index in [9.17, 15) is 9.59 Å². The number of anilines is 3. The van der Waals surface area contributed by atoms with E-state index in [1.54, 1.807) is 35.0 Å². The maximum atomic E-state index is 14.0. The third-order valence-electron chi connectivity index (χ3n) is 6.84. The zero-order valence-electron chi connectivity index (χ0n) is 18.4. The number of carbonyl (C=O) groups is 1. The summed E-state index contributed by atoms with van der Waals surface area (Å²) in [5.41, 5.74) is 2.30. The fourth-order valence-corrected chi connectivity index (χ4v) is 5.65. The lowest BCUT2D eigenvalue weighted by molar-refractivity contribution is -0.118. The Morgan fingerprint density at radius 2 is 1.71 bits per heavy atom. The van der Waals surface area contributed by atoms with Crippen LogP contribution >= 0.6 is 11.6 Å². The van der Waals surface area contributed by atoms with Crippen LogP contribution in [0.1, 0.15) is 22.4 Å². The Morgan fingerprint density at radius 1 is 0.943 bits per heavy atom. The highest BCUT2D eigenvalue weighted by Gasteiger charge is 2.58. The van der Waals surface area contributed by atoms with Gasteiger partial charge in [0.2, 0.25) is 5.91 Å². The normalized spacial score (nSPS) is 17.6. The number of amides is 1. The summed E-state index contributed by atoms with van der Waals surface area (Å²) in [6, 6.07) is 22.1. The van der Waals surface area contributed by atoms with Gasteiger partial charge in [0.1, 0.15) is 16.8 Å². The fourth-order valence-electron chi connectivity index (χ4n) is 5.48. The number of hydrogen-bond donors (Lipinski definition) is 2. The molecule has 0 fully saturated rings. The van der Waals surface area contributed by atoms with Gasteiger partial charge in [-0.25, -0.2) is 9.48 Å². The lowest BCUT2D eigenvalue weighted by Gasteiger charge is -2.34. The van der Waals surface area contributed by atoms with Gasteiger partial charge in [0.25, 0.3) is 0 Å². The van der Waals surface area contributed by atoms with E-state index in [-0.39, 0.29) is 11.5 Å². The molecule has 2 aliphatic heterocycles. The number of aryl methyl sites for hydroxylation is 1. The summed E-state index contributed by atoms with van der Waals surface area (Å²) in [6.07, 6.45) is 0. The lowest BCUT2D eigenvalue weighted by atomic mass is 9.68. The van der Waals surface area contributed by atoms with Gasteiger partial charge in [-0.05, 0) is 49.4 Å². The average Bonchev–Trinajstić information content (AvgIpc) is 3.34. The molecule has 0 saturated carbocycles. The second-order valence-corrected chi connectivity index (χ2v) is 9.15. The van der Waals surface area contributed by atoms with Crippen LogP contribution in [0.4, 0.5) is 17.2 Å². The zero-order valence-corrected chi connectivity index (χ0v) is 19.2. The monoisotopic (exact) mass is 480 g/mol. The lowest BCUT2D eigenvalue weighted by Crippen LogP contribution is -2.44. The number of halogens is 1. The van der Waals surface area contributed by atoms with Crippen molar-refractivity contribution >= 4 is 45.7 Å². The molecule has 2 aromatic heterocycles. The predicted octanol–water partition coefficient (Wildman–Crippen LogP) is 5.28. The van der Waals surface area contributed by atoms with Crippen LogP contribution < -0.4 is 16.3 Å². The van der Waals surface area contributed by atoms with Gasteiger partial charge >= 0.3 is 5.63 Å². The molecular weight excluding hydrogens is 464 g/mol. The number of benzene rings is 3. The molecule has 0 bridgehead atoms. The summed E-state index contributed by atoms with van der Waals surface area (Å²) < 4.78 is 7.52. The summed E-state index contributed by atoms with van der Waals surface area (Å²) in [6.45, 7) is 1.84. The van der Waals surface area contributed by atoms with E-state index in [0.29, 0.717) is 50.0 Å². The van der Waals surface area contributed by atoms with Gasteiger partial charge < -0.3 is 15.1 Å². The SMILES string of the molecule is Cc1nn(-c2ccccc2)c2c1[C@]1(C(=O)Nc3ccc(Cl)cc31)c1c(c3ccccc3oc1=O)N2. The molecule has 5 aromatic rings. The molecule has 0 aliphatic carbocycles. The molecular formula is C27H17ClN4O3. The van der Waals surface area contributed by atoms with Crippen molar-refractivity contribution in [1.82, 2.24) is 9.78 Å². The van der Waals surface area contributed by atoms with Crippen LogP contribution in [0, 0.1) is 6.92 Å². The quantitative estimate of drug-likeness (QED) is 0.318. The minimum Gasteiger partial charge on any atom is -0.422 e.